The van der Waals surface area contributed by atoms with E-state index >= 15 is 0 Å². The Morgan fingerprint density at radius 3 is 2.36 bits per heavy atom. The molecule has 4 N–H and O–H groups in total. The van der Waals surface area contributed by atoms with Gasteiger partial charge in [0.05, 0.1) is 0 Å². The monoisotopic (exact) mass is 304 g/mol. The fourth-order valence-electron chi connectivity index (χ4n) is 3.00. The summed E-state index contributed by atoms with van der Waals surface area (Å²) in [5, 5.41) is 12.0. The molecule has 1 saturated carbocycles. The Kier molecular flexibility index (Phi) is 5.95. The highest BCUT2D eigenvalue weighted by molar-refractivity contribution is 5.85. The maximum Gasteiger partial charge on any atom is 0.326 e. The summed E-state index contributed by atoms with van der Waals surface area (Å²) in [6.45, 7) is 0.667. The second kappa shape index (κ2) is 7.94. The summed E-state index contributed by atoms with van der Waals surface area (Å²) in [5.74, 6) is -0.712. The van der Waals surface area contributed by atoms with Gasteiger partial charge in [-0.2, -0.15) is 0 Å². The Morgan fingerprint density at radius 2 is 1.82 bits per heavy atom. The Labute approximate surface area is 130 Å². The zero-order valence-corrected chi connectivity index (χ0v) is 12.7. The van der Waals surface area contributed by atoms with Gasteiger partial charge in [-0.25, -0.2) is 4.79 Å². The number of carbonyl (C=O) groups excluding carboxylic acids is 1. The zero-order chi connectivity index (χ0) is 15.9. The summed E-state index contributed by atoms with van der Waals surface area (Å²) in [7, 11) is 0. The molecule has 0 spiro atoms. The van der Waals surface area contributed by atoms with Crippen molar-refractivity contribution in [1.82, 2.24) is 5.32 Å². The summed E-state index contributed by atoms with van der Waals surface area (Å²) in [6, 6.07) is 8.48. The lowest BCUT2D eigenvalue weighted by atomic mass is 9.81. The van der Waals surface area contributed by atoms with Crippen molar-refractivity contribution in [2.75, 3.05) is 6.54 Å². The highest BCUT2D eigenvalue weighted by Gasteiger charge is 2.28. The number of amides is 1. The smallest absolute Gasteiger partial charge is 0.326 e. The Balaban J connectivity index is 1.91. The highest BCUT2D eigenvalue weighted by Crippen LogP contribution is 2.28. The molecular formula is C17H24N2O3. The van der Waals surface area contributed by atoms with E-state index in [2.05, 4.69) is 5.32 Å². The summed E-state index contributed by atoms with van der Waals surface area (Å²) in [4.78, 5) is 23.7. The van der Waals surface area contributed by atoms with Crippen molar-refractivity contribution >= 4 is 11.9 Å². The lowest BCUT2D eigenvalue weighted by Crippen LogP contribution is -2.45. The number of nitrogens with one attached hydrogen (secondary N) is 1. The molecule has 5 nitrogen and oxygen atoms in total. The van der Waals surface area contributed by atoms with E-state index in [0.717, 1.165) is 31.2 Å². The highest BCUT2D eigenvalue weighted by atomic mass is 16.4. The first kappa shape index (κ1) is 16.5. The van der Waals surface area contributed by atoms with Crippen molar-refractivity contribution in [3.05, 3.63) is 35.9 Å². The number of rotatable bonds is 6. The molecule has 0 aromatic heterocycles. The normalized spacial score (nSPS) is 22.8. The number of carboxylic acids is 1. The van der Waals surface area contributed by atoms with Crippen molar-refractivity contribution in [3.63, 3.8) is 0 Å². The molecule has 1 aromatic rings. The minimum absolute atomic E-state index is 0.0829. The van der Waals surface area contributed by atoms with Crippen LogP contribution >= 0.6 is 0 Å². The Hall–Kier alpha value is -1.88. The SMILES string of the molecule is NCC1CCC(C(=O)NC(Cc2ccccc2)C(=O)O)CC1. The van der Waals surface area contributed by atoms with E-state index in [-0.39, 0.29) is 11.8 Å². The van der Waals surface area contributed by atoms with Gasteiger partial charge in [-0.1, -0.05) is 30.3 Å². The maximum absolute atomic E-state index is 12.3. The van der Waals surface area contributed by atoms with Crippen LogP contribution in [0.4, 0.5) is 0 Å². The topological polar surface area (TPSA) is 92.4 Å². The van der Waals surface area contributed by atoms with Crippen LogP contribution in [0, 0.1) is 11.8 Å². The van der Waals surface area contributed by atoms with Crippen LogP contribution in [0.2, 0.25) is 0 Å². The number of hydrogen-bond acceptors (Lipinski definition) is 3. The van der Waals surface area contributed by atoms with Crippen LogP contribution in [-0.4, -0.2) is 29.6 Å². The van der Waals surface area contributed by atoms with Crippen LogP contribution in [-0.2, 0) is 16.0 Å². The van der Waals surface area contributed by atoms with Crippen molar-refractivity contribution in [2.24, 2.45) is 17.6 Å². The molecule has 0 saturated heterocycles. The molecule has 1 aromatic carbocycles. The fraction of sp³-hybridized carbons (Fsp3) is 0.529. The largest absolute Gasteiger partial charge is 0.480 e. The van der Waals surface area contributed by atoms with Gasteiger partial charge in [0.25, 0.3) is 0 Å². The first-order valence-electron chi connectivity index (χ1n) is 7.87. The van der Waals surface area contributed by atoms with Crippen LogP contribution in [0.1, 0.15) is 31.2 Å². The van der Waals surface area contributed by atoms with Gasteiger partial charge < -0.3 is 16.2 Å². The Morgan fingerprint density at radius 1 is 1.18 bits per heavy atom. The summed E-state index contributed by atoms with van der Waals surface area (Å²) in [6.07, 6.45) is 3.80. The first-order chi connectivity index (χ1) is 10.6. The molecule has 1 amide bonds. The molecule has 0 bridgehead atoms. The number of hydrogen-bond donors (Lipinski definition) is 3. The molecular weight excluding hydrogens is 280 g/mol. The molecule has 0 radical (unpaired) electrons. The number of carboxylic acid groups (broad SMARTS) is 1. The minimum atomic E-state index is -0.993. The second-order valence-electron chi connectivity index (χ2n) is 6.04. The van der Waals surface area contributed by atoms with Gasteiger partial charge in [0.15, 0.2) is 0 Å². The fourth-order valence-corrected chi connectivity index (χ4v) is 3.00. The zero-order valence-electron chi connectivity index (χ0n) is 12.7. The van der Waals surface area contributed by atoms with Gasteiger partial charge in [0.2, 0.25) is 5.91 Å². The van der Waals surface area contributed by atoms with Gasteiger partial charge >= 0.3 is 5.97 Å². The average Bonchev–Trinajstić information content (AvgIpc) is 2.55. The summed E-state index contributed by atoms with van der Waals surface area (Å²) >= 11 is 0. The van der Waals surface area contributed by atoms with Gasteiger partial charge in [0, 0.05) is 12.3 Å². The van der Waals surface area contributed by atoms with Gasteiger partial charge in [-0.05, 0) is 43.7 Å². The third-order valence-corrected chi connectivity index (χ3v) is 4.45. The number of carbonyl (C=O) groups is 2. The molecule has 0 heterocycles. The molecule has 2 rings (SSSR count). The van der Waals surface area contributed by atoms with Crippen LogP contribution in [0.5, 0.6) is 0 Å². The van der Waals surface area contributed by atoms with E-state index in [0.29, 0.717) is 18.9 Å². The molecule has 0 aliphatic heterocycles. The Bertz CT molecular complexity index is 496. The molecule has 1 unspecified atom stereocenters. The van der Waals surface area contributed by atoms with E-state index in [1.807, 2.05) is 30.3 Å². The van der Waals surface area contributed by atoms with Crippen LogP contribution in [0.3, 0.4) is 0 Å². The lowest BCUT2D eigenvalue weighted by molar-refractivity contribution is -0.142. The number of aliphatic carboxylic acids is 1. The molecule has 1 aliphatic carbocycles. The van der Waals surface area contributed by atoms with Gasteiger partial charge in [0.1, 0.15) is 6.04 Å². The standard InChI is InChI=1S/C17H24N2O3/c18-11-13-6-8-14(9-7-13)16(20)19-15(17(21)22)10-12-4-2-1-3-5-12/h1-5,13-15H,6-11,18H2,(H,19,20)(H,21,22). The minimum Gasteiger partial charge on any atom is -0.480 e. The molecule has 1 atom stereocenters. The predicted molar refractivity (Wildman–Crippen MR) is 84.2 cm³/mol. The van der Waals surface area contributed by atoms with E-state index in [1.54, 1.807) is 0 Å². The van der Waals surface area contributed by atoms with Crippen molar-refractivity contribution < 1.29 is 14.7 Å². The number of benzene rings is 1. The van der Waals surface area contributed by atoms with Crippen molar-refractivity contribution in [1.29, 1.82) is 0 Å². The van der Waals surface area contributed by atoms with Crippen molar-refractivity contribution in [2.45, 2.75) is 38.1 Å². The van der Waals surface area contributed by atoms with Crippen LogP contribution in [0.15, 0.2) is 30.3 Å². The molecule has 120 valence electrons. The summed E-state index contributed by atoms with van der Waals surface area (Å²) < 4.78 is 0. The van der Waals surface area contributed by atoms with E-state index in [1.165, 1.54) is 0 Å². The molecule has 5 heteroatoms. The number of nitrogens with two attached hydrogens (primary N) is 1. The van der Waals surface area contributed by atoms with Crippen LogP contribution < -0.4 is 11.1 Å². The second-order valence-corrected chi connectivity index (χ2v) is 6.04. The van der Waals surface area contributed by atoms with E-state index in [9.17, 15) is 14.7 Å². The predicted octanol–water partition coefficient (Wildman–Crippen LogP) is 1.56. The quantitative estimate of drug-likeness (QED) is 0.743. The molecule has 1 aliphatic rings. The maximum atomic E-state index is 12.3. The third kappa shape index (κ3) is 4.56. The lowest BCUT2D eigenvalue weighted by Gasteiger charge is -2.27. The summed E-state index contributed by atoms with van der Waals surface area (Å²) in [5.41, 5.74) is 6.56. The van der Waals surface area contributed by atoms with E-state index in [4.69, 9.17) is 5.73 Å². The van der Waals surface area contributed by atoms with Crippen LogP contribution in [0.25, 0.3) is 0 Å². The third-order valence-electron chi connectivity index (χ3n) is 4.45. The van der Waals surface area contributed by atoms with Gasteiger partial charge in [-0.15, -0.1) is 0 Å². The van der Waals surface area contributed by atoms with Gasteiger partial charge in [-0.3, -0.25) is 4.79 Å². The van der Waals surface area contributed by atoms with Crippen molar-refractivity contribution in [3.8, 4) is 0 Å². The molecule has 1 fully saturated rings. The average molecular weight is 304 g/mol. The first-order valence-corrected chi connectivity index (χ1v) is 7.87. The molecule has 22 heavy (non-hydrogen) atoms. The van der Waals surface area contributed by atoms with E-state index < -0.39 is 12.0 Å².